The molecule has 2 rings (SSSR count). The van der Waals surface area contributed by atoms with Crippen LogP contribution in [0.15, 0.2) is 24.3 Å². The molecule has 0 amide bonds. The van der Waals surface area contributed by atoms with E-state index in [-0.39, 0.29) is 5.41 Å². The van der Waals surface area contributed by atoms with Crippen LogP contribution in [0.2, 0.25) is 0 Å². The lowest BCUT2D eigenvalue weighted by molar-refractivity contribution is 0.0445. The number of benzene rings is 1. The third-order valence-electron chi connectivity index (χ3n) is 3.66. The Morgan fingerprint density at radius 2 is 2.19 bits per heavy atom. The molecule has 1 fully saturated rings. The van der Waals surface area contributed by atoms with Crippen LogP contribution in [-0.4, -0.2) is 18.3 Å². The van der Waals surface area contributed by atoms with Gasteiger partial charge in [0.2, 0.25) is 0 Å². The van der Waals surface area contributed by atoms with E-state index in [9.17, 15) is 5.11 Å². The van der Waals surface area contributed by atoms with Crippen molar-refractivity contribution in [2.45, 2.75) is 32.7 Å². The first kappa shape index (κ1) is 11.6. The van der Waals surface area contributed by atoms with Crippen molar-refractivity contribution in [1.29, 1.82) is 0 Å². The first-order chi connectivity index (χ1) is 7.74. The summed E-state index contributed by atoms with van der Waals surface area (Å²) in [4.78, 5) is 0. The zero-order valence-corrected chi connectivity index (χ0v) is 10.00. The van der Waals surface area contributed by atoms with Crippen molar-refractivity contribution in [3.8, 4) is 0 Å². The number of rotatable bonds is 5. The first-order valence-electron chi connectivity index (χ1n) is 6.11. The Labute approximate surface area is 97.7 Å². The quantitative estimate of drug-likeness (QED) is 0.796. The highest BCUT2D eigenvalue weighted by atomic mass is 16.3. The van der Waals surface area contributed by atoms with Crippen LogP contribution < -0.4 is 5.32 Å². The molecule has 88 valence electrons. The maximum absolute atomic E-state index is 9.34. The van der Waals surface area contributed by atoms with Crippen LogP contribution in [0.4, 0.5) is 0 Å². The molecule has 0 spiro atoms. The Balaban J connectivity index is 1.79. The molecular weight excluding hydrogens is 198 g/mol. The second-order valence-corrected chi connectivity index (χ2v) is 5.10. The summed E-state index contributed by atoms with van der Waals surface area (Å²) in [5.74, 6) is 0. The normalized spacial score (nSPS) is 18.1. The molecule has 1 aromatic carbocycles. The summed E-state index contributed by atoms with van der Waals surface area (Å²) in [6, 6.07) is 8.56. The maximum Gasteiger partial charge on any atom is 0.0499 e. The summed E-state index contributed by atoms with van der Waals surface area (Å²) < 4.78 is 0. The van der Waals surface area contributed by atoms with Gasteiger partial charge in [0.05, 0.1) is 0 Å². The Morgan fingerprint density at radius 1 is 1.38 bits per heavy atom. The molecule has 1 aliphatic carbocycles. The molecule has 1 aromatic rings. The molecule has 0 unspecified atom stereocenters. The van der Waals surface area contributed by atoms with E-state index < -0.39 is 0 Å². The van der Waals surface area contributed by atoms with Crippen LogP contribution in [0.5, 0.6) is 0 Å². The van der Waals surface area contributed by atoms with Gasteiger partial charge in [-0.15, -0.1) is 0 Å². The molecule has 0 radical (unpaired) electrons. The summed E-state index contributed by atoms with van der Waals surface area (Å²) >= 11 is 0. The highest BCUT2D eigenvalue weighted by Crippen LogP contribution is 2.39. The summed E-state index contributed by atoms with van der Waals surface area (Å²) in [6.07, 6.45) is 3.61. The third-order valence-corrected chi connectivity index (χ3v) is 3.66. The lowest BCUT2D eigenvalue weighted by Crippen LogP contribution is -2.42. The van der Waals surface area contributed by atoms with Crippen LogP contribution in [0.25, 0.3) is 0 Å². The van der Waals surface area contributed by atoms with Crippen LogP contribution in [0.3, 0.4) is 0 Å². The standard InChI is InChI=1S/C14H21NO/c1-12-4-2-5-13(8-12)9-15-10-14(11-16)6-3-7-14/h2,4-5,8,15-16H,3,6-7,9-11H2,1H3. The van der Waals surface area contributed by atoms with Gasteiger partial charge in [-0.2, -0.15) is 0 Å². The molecular formula is C14H21NO. The van der Waals surface area contributed by atoms with E-state index >= 15 is 0 Å². The highest BCUT2D eigenvalue weighted by molar-refractivity contribution is 5.21. The molecule has 2 N–H and O–H groups in total. The van der Waals surface area contributed by atoms with Crippen LogP contribution in [0.1, 0.15) is 30.4 Å². The minimum Gasteiger partial charge on any atom is -0.396 e. The van der Waals surface area contributed by atoms with Gasteiger partial charge < -0.3 is 10.4 Å². The predicted molar refractivity (Wildman–Crippen MR) is 66.3 cm³/mol. The van der Waals surface area contributed by atoms with Crippen molar-refractivity contribution in [2.75, 3.05) is 13.2 Å². The third kappa shape index (κ3) is 2.63. The van der Waals surface area contributed by atoms with Crippen molar-refractivity contribution in [3.05, 3.63) is 35.4 Å². The van der Waals surface area contributed by atoms with Gasteiger partial charge in [0.15, 0.2) is 0 Å². The Kier molecular flexibility index (Phi) is 3.62. The summed E-state index contributed by atoms with van der Waals surface area (Å²) in [7, 11) is 0. The molecule has 16 heavy (non-hydrogen) atoms. The van der Waals surface area contributed by atoms with Gasteiger partial charge in [-0.1, -0.05) is 36.2 Å². The SMILES string of the molecule is Cc1cccc(CNCC2(CO)CCC2)c1. The highest BCUT2D eigenvalue weighted by Gasteiger charge is 2.35. The molecule has 1 saturated carbocycles. The van der Waals surface area contributed by atoms with E-state index in [0.717, 1.165) is 13.1 Å². The monoisotopic (exact) mass is 219 g/mol. The molecule has 0 atom stereocenters. The van der Waals surface area contributed by atoms with Crippen LogP contribution in [-0.2, 0) is 6.54 Å². The summed E-state index contributed by atoms with van der Waals surface area (Å²) in [5, 5.41) is 12.8. The molecule has 0 aliphatic heterocycles. The molecule has 2 nitrogen and oxygen atoms in total. The number of hydrogen-bond donors (Lipinski definition) is 2. The average Bonchev–Trinajstić information content (AvgIpc) is 2.22. The second-order valence-electron chi connectivity index (χ2n) is 5.10. The minimum absolute atomic E-state index is 0.184. The number of aliphatic hydroxyl groups excluding tert-OH is 1. The molecule has 0 aromatic heterocycles. The number of nitrogens with one attached hydrogen (secondary N) is 1. The molecule has 2 heteroatoms. The summed E-state index contributed by atoms with van der Waals surface area (Å²) in [6.45, 7) is 4.29. The van der Waals surface area contributed by atoms with Crippen molar-refractivity contribution in [3.63, 3.8) is 0 Å². The first-order valence-corrected chi connectivity index (χ1v) is 6.11. The fourth-order valence-electron chi connectivity index (χ4n) is 2.36. The van der Waals surface area contributed by atoms with E-state index in [2.05, 4.69) is 36.5 Å². The Hall–Kier alpha value is -0.860. The van der Waals surface area contributed by atoms with E-state index in [0.29, 0.717) is 6.61 Å². The minimum atomic E-state index is 0.184. The predicted octanol–water partition coefficient (Wildman–Crippen LogP) is 2.25. The van der Waals surface area contributed by atoms with Crippen molar-refractivity contribution in [1.82, 2.24) is 5.32 Å². The lowest BCUT2D eigenvalue weighted by Gasteiger charge is -2.40. The molecule has 0 saturated heterocycles. The second kappa shape index (κ2) is 4.98. The van der Waals surface area contributed by atoms with Gasteiger partial charge in [0.1, 0.15) is 0 Å². The van der Waals surface area contributed by atoms with E-state index in [1.807, 2.05) is 0 Å². The van der Waals surface area contributed by atoms with Gasteiger partial charge in [0, 0.05) is 25.1 Å². The van der Waals surface area contributed by atoms with Gasteiger partial charge >= 0.3 is 0 Å². The van der Waals surface area contributed by atoms with Crippen molar-refractivity contribution in [2.24, 2.45) is 5.41 Å². The van der Waals surface area contributed by atoms with Crippen molar-refractivity contribution < 1.29 is 5.11 Å². The molecule has 1 aliphatic rings. The van der Waals surface area contributed by atoms with Gasteiger partial charge in [-0.05, 0) is 25.3 Å². The average molecular weight is 219 g/mol. The van der Waals surface area contributed by atoms with E-state index in [1.165, 1.54) is 30.4 Å². The molecule has 0 heterocycles. The zero-order valence-electron chi connectivity index (χ0n) is 10.00. The van der Waals surface area contributed by atoms with Gasteiger partial charge in [-0.3, -0.25) is 0 Å². The Morgan fingerprint density at radius 3 is 2.75 bits per heavy atom. The fourth-order valence-corrected chi connectivity index (χ4v) is 2.36. The Bertz CT molecular complexity index is 339. The number of hydrogen-bond acceptors (Lipinski definition) is 2. The lowest BCUT2D eigenvalue weighted by atomic mass is 9.69. The smallest absolute Gasteiger partial charge is 0.0499 e. The van der Waals surface area contributed by atoms with Gasteiger partial charge in [-0.25, -0.2) is 0 Å². The topological polar surface area (TPSA) is 32.3 Å². The van der Waals surface area contributed by atoms with E-state index in [1.54, 1.807) is 0 Å². The molecule has 0 bridgehead atoms. The van der Waals surface area contributed by atoms with Crippen molar-refractivity contribution >= 4 is 0 Å². The van der Waals surface area contributed by atoms with Crippen LogP contribution >= 0.6 is 0 Å². The summed E-state index contributed by atoms with van der Waals surface area (Å²) in [5.41, 5.74) is 2.82. The number of aliphatic hydroxyl groups is 1. The van der Waals surface area contributed by atoms with E-state index in [4.69, 9.17) is 0 Å². The van der Waals surface area contributed by atoms with Gasteiger partial charge in [0.25, 0.3) is 0 Å². The number of aryl methyl sites for hydroxylation is 1. The largest absolute Gasteiger partial charge is 0.396 e. The van der Waals surface area contributed by atoms with Crippen LogP contribution in [0, 0.1) is 12.3 Å². The fraction of sp³-hybridized carbons (Fsp3) is 0.571. The zero-order chi connectivity index (χ0) is 11.4. The maximum atomic E-state index is 9.34.